The summed E-state index contributed by atoms with van der Waals surface area (Å²) in [5, 5.41) is 9.88. The van der Waals surface area contributed by atoms with Gasteiger partial charge in [-0.25, -0.2) is 4.98 Å². The van der Waals surface area contributed by atoms with Crippen LogP contribution in [0.4, 0.5) is 0 Å². The molecule has 0 saturated carbocycles. The summed E-state index contributed by atoms with van der Waals surface area (Å²) in [7, 11) is 1.59. The Bertz CT molecular complexity index is 1130. The Morgan fingerprint density at radius 1 is 1.17 bits per heavy atom. The molecule has 0 aliphatic carbocycles. The zero-order valence-electron chi connectivity index (χ0n) is 16.7. The fraction of sp³-hybridized carbons (Fsp3) is 0.227. The minimum absolute atomic E-state index is 0.0193. The topological polar surface area (TPSA) is 88.0 Å². The summed E-state index contributed by atoms with van der Waals surface area (Å²) in [6, 6.07) is 13.4. The predicted octanol–water partition coefficient (Wildman–Crippen LogP) is 4.23. The molecule has 0 unspecified atom stereocenters. The van der Waals surface area contributed by atoms with E-state index in [-0.39, 0.29) is 12.2 Å². The second kappa shape index (κ2) is 8.84. The van der Waals surface area contributed by atoms with Crippen LogP contribution >= 0.6 is 11.8 Å². The lowest BCUT2D eigenvalue weighted by Gasteiger charge is -2.13. The summed E-state index contributed by atoms with van der Waals surface area (Å²) in [4.78, 5) is 19.3. The van der Waals surface area contributed by atoms with Crippen molar-refractivity contribution in [2.45, 2.75) is 25.6 Å². The molecule has 6 nitrogen and oxygen atoms in total. The third-order valence-corrected chi connectivity index (χ3v) is 4.93. The SMILES string of the molecule is COc1ccc(-c2nc(SC)[nH]c(=O)c2C#N)cc1COc1cc(C)cc(C)c1. The van der Waals surface area contributed by atoms with Gasteiger partial charge in [0.25, 0.3) is 5.56 Å². The van der Waals surface area contributed by atoms with Gasteiger partial charge in [-0.1, -0.05) is 17.8 Å². The Morgan fingerprint density at radius 3 is 2.52 bits per heavy atom. The Balaban J connectivity index is 2.01. The number of nitriles is 1. The summed E-state index contributed by atoms with van der Waals surface area (Å²) in [6.45, 7) is 4.32. The predicted molar refractivity (Wildman–Crippen MR) is 114 cm³/mol. The first-order valence-corrected chi connectivity index (χ1v) is 10.1. The van der Waals surface area contributed by atoms with Crippen LogP contribution in [0.2, 0.25) is 0 Å². The molecule has 3 rings (SSSR count). The van der Waals surface area contributed by atoms with Crippen LogP contribution in [0, 0.1) is 25.2 Å². The number of aromatic nitrogens is 2. The van der Waals surface area contributed by atoms with Crippen LogP contribution in [0.1, 0.15) is 22.3 Å². The smallest absolute Gasteiger partial charge is 0.270 e. The summed E-state index contributed by atoms with van der Waals surface area (Å²) in [5.41, 5.74) is 3.56. The fourth-order valence-electron chi connectivity index (χ4n) is 3.08. The standard InChI is InChI=1S/C22H21N3O3S/c1-13-7-14(2)9-17(8-13)28-12-16-10-15(5-6-19(16)27-3)20-18(11-23)21(26)25-22(24-20)29-4/h5-10H,12H2,1-4H3,(H,24,25,26). The van der Waals surface area contributed by atoms with Gasteiger partial charge in [-0.3, -0.25) is 4.79 Å². The highest BCUT2D eigenvalue weighted by Gasteiger charge is 2.15. The highest BCUT2D eigenvalue weighted by Crippen LogP contribution is 2.29. The molecule has 0 aliphatic heterocycles. The molecular formula is C22H21N3O3S. The summed E-state index contributed by atoms with van der Waals surface area (Å²) in [5.74, 6) is 1.43. The van der Waals surface area contributed by atoms with Crippen LogP contribution in [-0.2, 0) is 6.61 Å². The van der Waals surface area contributed by atoms with Gasteiger partial charge in [-0.05, 0) is 61.6 Å². The van der Waals surface area contributed by atoms with E-state index >= 15 is 0 Å². The van der Waals surface area contributed by atoms with E-state index in [0.717, 1.165) is 22.4 Å². The van der Waals surface area contributed by atoms with Crippen molar-refractivity contribution >= 4 is 11.8 Å². The second-order valence-electron chi connectivity index (χ2n) is 6.55. The van der Waals surface area contributed by atoms with Crippen molar-refractivity contribution in [1.82, 2.24) is 9.97 Å². The van der Waals surface area contributed by atoms with Crippen molar-refractivity contribution in [2.75, 3.05) is 13.4 Å². The Hall–Kier alpha value is -3.24. The molecule has 0 atom stereocenters. The van der Waals surface area contributed by atoms with Gasteiger partial charge in [-0.2, -0.15) is 5.26 Å². The highest BCUT2D eigenvalue weighted by atomic mass is 32.2. The molecule has 0 radical (unpaired) electrons. The van der Waals surface area contributed by atoms with Gasteiger partial charge in [0.05, 0.1) is 12.8 Å². The van der Waals surface area contributed by atoms with E-state index in [9.17, 15) is 10.1 Å². The van der Waals surface area contributed by atoms with Gasteiger partial charge in [-0.15, -0.1) is 0 Å². The number of rotatable bonds is 6. The van der Waals surface area contributed by atoms with E-state index in [2.05, 4.69) is 16.0 Å². The van der Waals surface area contributed by atoms with E-state index < -0.39 is 5.56 Å². The van der Waals surface area contributed by atoms with Gasteiger partial charge in [0, 0.05) is 11.1 Å². The number of methoxy groups -OCH3 is 1. The maximum Gasteiger partial charge on any atom is 0.270 e. The average Bonchev–Trinajstić information content (AvgIpc) is 2.70. The minimum Gasteiger partial charge on any atom is -0.496 e. The summed E-state index contributed by atoms with van der Waals surface area (Å²) in [6.07, 6.45) is 1.81. The normalized spacial score (nSPS) is 10.4. The second-order valence-corrected chi connectivity index (χ2v) is 7.34. The van der Waals surface area contributed by atoms with Gasteiger partial charge in [0.15, 0.2) is 5.16 Å². The number of ether oxygens (including phenoxy) is 2. The molecule has 1 aromatic heterocycles. The molecule has 1 N–H and O–H groups in total. The van der Waals surface area contributed by atoms with Crippen LogP contribution in [-0.4, -0.2) is 23.3 Å². The maximum atomic E-state index is 12.2. The summed E-state index contributed by atoms with van der Waals surface area (Å²) < 4.78 is 11.4. The highest BCUT2D eigenvalue weighted by molar-refractivity contribution is 7.98. The largest absolute Gasteiger partial charge is 0.496 e. The number of aryl methyl sites for hydroxylation is 2. The fourth-order valence-corrected chi connectivity index (χ4v) is 3.46. The lowest BCUT2D eigenvalue weighted by atomic mass is 10.0. The van der Waals surface area contributed by atoms with E-state index in [4.69, 9.17) is 9.47 Å². The maximum absolute atomic E-state index is 12.2. The number of H-pyrrole nitrogens is 1. The van der Waals surface area contributed by atoms with Gasteiger partial charge >= 0.3 is 0 Å². The number of nitrogens with one attached hydrogen (secondary N) is 1. The van der Waals surface area contributed by atoms with Crippen molar-refractivity contribution in [2.24, 2.45) is 0 Å². The van der Waals surface area contributed by atoms with Gasteiger partial charge in [0.2, 0.25) is 0 Å². The molecule has 0 saturated heterocycles. The Morgan fingerprint density at radius 2 is 1.90 bits per heavy atom. The zero-order chi connectivity index (χ0) is 21.0. The van der Waals surface area contributed by atoms with Gasteiger partial charge < -0.3 is 14.5 Å². The molecule has 0 amide bonds. The van der Waals surface area contributed by atoms with Crippen molar-refractivity contribution in [1.29, 1.82) is 5.26 Å². The zero-order valence-corrected chi connectivity index (χ0v) is 17.5. The molecular weight excluding hydrogens is 386 g/mol. The van der Waals surface area contributed by atoms with E-state index in [1.165, 1.54) is 11.8 Å². The third kappa shape index (κ3) is 4.61. The molecule has 0 fully saturated rings. The van der Waals surface area contributed by atoms with Crippen LogP contribution in [0.25, 0.3) is 11.3 Å². The third-order valence-electron chi connectivity index (χ3n) is 4.35. The van der Waals surface area contributed by atoms with Crippen molar-refractivity contribution < 1.29 is 9.47 Å². The van der Waals surface area contributed by atoms with Crippen molar-refractivity contribution in [3.8, 4) is 28.8 Å². The van der Waals surface area contributed by atoms with Crippen molar-refractivity contribution in [3.05, 3.63) is 69.0 Å². The molecule has 29 heavy (non-hydrogen) atoms. The molecule has 2 aromatic carbocycles. The monoisotopic (exact) mass is 407 g/mol. The number of benzene rings is 2. The molecule has 7 heteroatoms. The van der Waals surface area contributed by atoms with E-state index in [0.29, 0.717) is 22.2 Å². The quantitative estimate of drug-likeness (QED) is 0.486. The first kappa shape index (κ1) is 20.5. The number of nitrogens with zero attached hydrogens (tertiary/aromatic N) is 2. The van der Waals surface area contributed by atoms with Crippen LogP contribution in [0.5, 0.6) is 11.5 Å². The first-order chi connectivity index (χ1) is 13.9. The Kier molecular flexibility index (Phi) is 6.25. The molecule has 3 aromatic rings. The number of hydrogen-bond acceptors (Lipinski definition) is 6. The molecule has 0 spiro atoms. The van der Waals surface area contributed by atoms with Crippen molar-refractivity contribution in [3.63, 3.8) is 0 Å². The number of thioether (sulfide) groups is 1. The summed E-state index contributed by atoms with van der Waals surface area (Å²) >= 11 is 1.31. The first-order valence-electron chi connectivity index (χ1n) is 8.92. The minimum atomic E-state index is -0.453. The van der Waals surface area contributed by atoms with Crippen LogP contribution in [0.3, 0.4) is 0 Å². The molecule has 1 heterocycles. The van der Waals surface area contributed by atoms with E-state index in [1.54, 1.807) is 19.2 Å². The number of aromatic amines is 1. The van der Waals surface area contributed by atoms with Crippen LogP contribution < -0.4 is 15.0 Å². The van der Waals surface area contributed by atoms with Crippen LogP contribution in [0.15, 0.2) is 46.3 Å². The molecule has 0 aliphatic rings. The average molecular weight is 407 g/mol. The lowest BCUT2D eigenvalue weighted by molar-refractivity contribution is 0.296. The molecule has 148 valence electrons. The lowest BCUT2D eigenvalue weighted by Crippen LogP contribution is -2.14. The Labute approximate surface area is 173 Å². The van der Waals surface area contributed by atoms with Gasteiger partial charge in [0.1, 0.15) is 29.7 Å². The number of hydrogen-bond donors (Lipinski definition) is 1. The van der Waals surface area contributed by atoms with E-state index in [1.807, 2.05) is 44.4 Å². The molecule has 0 bridgehead atoms.